The molecule has 0 heterocycles. The molecule has 0 aliphatic heterocycles. The number of rotatable bonds is 2. The van der Waals surface area contributed by atoms with Crippen molar-refractivity contribution in [3.8, 4) is 0 Å². The number of carbonyl (C=O) groups is 1. The van der Waals surface area contributed by atoms with E-state index in [4.69, 9.17) is 22.4 Å². The van der Waals surface area contributed by atoms with Gasteiger partial charge < -0.3 is 10.8 Å². The minimum absolute atomic E-state index is 0.0231. The highest BCUT2D eigenvalue weighted by atomic mass is 35.5. The van der Waals surface area contributed by atoms with Gasteiger partial charge in [-0.15, -0.1) is 0 Å². The van der Waals surface area contributed by atoms with Gasteiger partial charge in [0.2, 0.25) is 0 Å². The molecular formula is C8H7ClFNO2. The lowest BCUT2D eigenvalue weighted by atomic mass is 10.1. The van der Waals surface area contributed by atoms with E-state index in [-0.39, 0.29) is 10.6 Å². The summed E-state index contributed by atoms with van der Waals surface area (Å²) < 4.78 is 12.5. The van der Waals surface area contributed by atoms with Gasteiger partial charge in [-0.25, -0.2) is 4.39 Å². The molecule has 1 aromatic rings. The summed E-state index contributed by atoms with van der Waals surface area (Å²) in [4.78, 5) is 10.5. The summed E-state index contributed by atoms with van der Waals surface area (Å²) in [5.41, 5.74) is 5.49. The molecule has 0 aromatic heterocycles. The maximum atomic E-state index is 12.5. The largest absolute Gasteiger partial charge is 0.480 e. The molecule has 0 saturated heterocycles. The van der Waals surface area contributed by atoms with E-state index in [0.717, 1.165) is 12.1 Å². The van der Waals surface area contributed by atoms with Gasteiger partial charge in [-0.1, -0.05) is 17.7 Å². The Balaban J connectivity index is 3.08. The van der Waals surface area contributed by atoms with Crippen molar-refractivity contribution >= 4 is 17.6 Å². The fraction of sp³-hybridized carbons (Fsp3) is 0.125. The van der Waals surface area contributed by atoms with Gasteiger partial charge in [0.1, 0.15) is 11.9 Å². The van der Waals surface area contributed by atoms with Gasteiger partial charge in [0.25, 0.3) is 0 Å². The van der Waals surface area contributed by atoms with Crippen molar-refractivity contribution in [2.75, 3.05) is 0 Å². The average molecular weight is 204 g/mol. The Kier molecular flexibility index (Phi) is 2.85. The summed E-state index contributed by atoms with van der Waals surface area (Å²) in [5, 5.41) is 8.57. The van der Waals surface area contributed by atoms with E-state index in [2.05, 4.69) is 0 Å². The Morgan fingerprint density at radius 1 is 1.62 bits per heavy atom. The lowest BCUT2D eigenvalue weighted by Gasteiger charge is -2.08. The normalized spacial score (nSPS) is 12.5. The SMILES string of the molecule is NC(C(=O)O)c1ccc(F)cc1Cl. The topological polar surface area (TPSA) is 63.3 Å². The molecule has 0 radical (unpaired) electrons. The first-order valence-corrected chi connectivity index (χ1v) is 3.83. The summed E-state index contributed by atoms with van der Waals surface area (Å²) in [6.45, 7) is 0. The van der Waals surface area contributed by atoms with Crippen LogP contribution in [0.5, 0.6) is 0 Å². The predicted octanol–water partition coefficient (Wildman–Crippen LogP) is 1.56. The minimum Gasteiger partial charge on any atom is -0.480 e. The lowest BCUT2D eigenvalue weighted by Crippen LogP contribution is -2.20. The number of carboxylic acid groups (broad SMARTS) is 1. The summed E-state index contributed by atoms with van der Waals surface area (Å²) in [5.74, 6) is -1.72. The number of hydrogen-bond donors (Lipinski definition) is 2. The molecule has 70 valence electrons. The molecule has 1 atom stereocenters. The zero-order chi connectivity index (χ0) is 10.0. The van der Waals surface area contributed by atoms with E-state index in [0.29, 0.717) is 0 Å². The Labute approximate surface area is 78.9 Å². The molecule has 0 aliphatic carbocycles. The minimum atomic E-state index is -1.21. The molecular weight excluding hydrogens is 197 g/mol. The lowest BCUT2D eigenvalue weighted by molar-refractivity contribution is -0.138. The van der Waals surface area contributed by atoms with Crippen molar-refractivity contribution in [2.24, 2.45) is 5.73 Å². The van der Waals surface area contributed by atoms with Crippen molar-refractivity contribution in [1.82, 2.24) is 0 Å². The first-order chi connectivity index (χ1) is 6.02. The van der Waals surface area contributed by atoms with Gasteiger partial charge in [0.05, 0.1) is 0 Å². The van der Waals surface area contributed by atoms with Crippen LogP contribution >= 0.6 is 11.6 Å². The average Bonchev–Trinajstić information content (AvgIpc) is 2.03. The smallest absolute Gasteiger partial charge is 0.325 e. The van der Waals surface area contributed by atoms with E-state index in [1.165, 1.54) is 6.07 Å². The van der Waals surface area contributed by atoms with Crippen LogP contribution < -0.4 is 5.73 Å². The van der Waals surface area contributed by atoms with Crippen LogP contribution in [0.25, 0.3) is 0 Å². The second kappa shape index (κ2) is 3.72. The van der Waals surface area contributed by atoms with E-state index in [1.54, 1.807) is 0 Å². The summed E-state index contributed by atoms with van der Waals surface area (Å²) in [6, 6.07) is 2.19. The zero-order valence-corrected chi connectivity index (χ0v) is 7.25. The van der Waals surface area contributed by atoms with E-state index >= 15 is 0 Å². The van der Waals surface area contributed by atoms with E-state index in [1.807, 2.05) is 0 Å². The van der Waals surface area contributed by atoms with Crippen LogP contribution in [0.1, 0.15) is 11.6 Å². The molecule has 0 saturated carbocycles. The molecule has 0 spiro atoms. The molecule has 0 aliphatic rings. The monoisotopic (exact) mass is 203 g/mol. The van der Waals surface area contributed by atoms with Crippen LogP contribution in [0.15, 0.2) is 18.2 Å². The van der Waals surface area contributed by atoms with Gasteiger partial charge in [-0.2, -0.15) is 0 Å². The van der Waals surface area contributed by atoms with Gasteiger partial charge in [-0.3, -0.25) is 4.79 Å². The van der Waals surface area contributed by atoms with Gasteiger partial charge in [0.15, 0.2) is 0 Å². The number of nitrogens with two attached hydrogens (primary N) is 1. The molecule has 0 amide bonds. The summed E-state index contributed by atoms with van der Waals surface area (Å²) >= 11 is 5.59. The van der Waals surface area contributed by atoms with Gasteiger partial charge in [0, 0.05) is 5.02 Å². The molecule has 13 heavy (non-hydrogen) atoms. The first kappa shape index (κ1) is 9.95. The highest BCUT2D eigenvalue weighted by Crippen LogP contribution is 2.22. The Morgan fingerprint density at radius 3 is 2.69 bits per heavy atom. The highest BCUT2D eigenvalue weighted by Gasteiger charge is 2.17. The Bertz CT molecular complexity index is 343. The second-order valence-corrected chi connectivity index (χ2v) is 2.89. The molecule has 3 N–H and O–H groups in total. The van der Waals surface area contributed by atoms with Crippen molar-refractivity contribution in [3.05, 3.63) is 34.6 Å². The third kappa shape index (κ3) is 2.17. The first-order valence-electron chi connectivity index (χ1n) is 3.45. The quantitative estimate of drug-likeness (QED) is 0.767. The van der Waals surface area contributed by atoms with Crippen LogP contribution in [0, 0.1) is 5.82 Å². The van der Waals surface area contributed by atoms with Crippen LogP contribution in [0.2, 0.25) is 5.02 Å². The fourth-order valence-electron chi connectivity index (χ4n) is 0.887. The molecule has 1 unspecified atom stereocenters. The third-order valence-corrected chi connectivity index (χ3v) is 1.89. The summed E-state index contributed by atoms with van der Waals surface area (Å²) in [7, 11) is 0. The second-order valence-electron chi connectivity index (χ2n) is 2.48. The van der Waals surface area contributed by atoms with Crippen LogP contribution in [-0.2, 0) is 4.79 Å². The number of benzene rings is 1. The van der Waals surface area contributed by atoms with Crippen LogP contribution in [0.4, 0.5) is 4.39 Å². The predicted molar refractivity (Wildman–Crippen MR) is 46.0 cm³/mol. The number of carboxylic acids is 1. The Morgan fingerprint density at radius 2 is 2.23 bits per heavy atom. The van der Waals surface area contributed by atoms with Crippen molar-refractivity contribution in [3.63, 3.8) is 0 Å². The maximum Gasteiger partial charge on any atom is 0.325 e. The zero-order valence-electron chi connectivity index (χ0n) is 6.50. The molecule has 1 aromatic carbocycles. The molecule has 0 bridgehead atoms. The molecule has 3 nitrogen and oxygen atoms in total. The van der Waals surface area contributed by atoms with Gasteiger partial charge >= 0.3 is 5.97 Å². The Hall–Kier alpha value is -1.13. The fourth-order valence-corrected chi connectivity index (χ4v) is 1.17. The van der Waals surface area contributed by atoms with Crippen molar-refractivity contribution < 1.29 is 14.3 Å². The number of halogens is 2. The van der Waals surface area contributed by atoms with Gasteiger partial charge in [-0.05, 0) is 17.7 Å². The standard InChI is InChI=1S/C8H7ClFNO2/c9-6-3-4(10)1-2-5(6)7(11)8(12)13/h1-3,7H,11H2,(H,12,13). The van der Waals surface area contributed by atoms with Crippen molar-refractivity contribution in [1.29, 1.82) is 0 Å². The maximum absolute atomic E-state index is 12.5. The molecule has 0 fully saturated rings. The molecule has 5 heteroatoms. The highest BCUT2D eigenvalue weighted by molar-refractivity contribution is 6.31. The third-order valence-electron chi connectivity index (χ3n) is 1.56. The van der Waals surface area contributed by atoms with E-state index in [9.17, 15) is 9.18 Å². The van der Waals surface area contributed by atoms with Crippen molar-refractivity contribution in [2.45, 2.75) is 6.04 Å². The van der Waals surface area contributed by atoms with E-state index < -0.39 is 17.8 Å². The van der Waals surface area contributed by atoms with Crippen LogP contribution in [0.3, 0.4) is 0 Å². The number of aliphatic carboxylic acids is 1. The molecule has 1 rings (SSSR count). The van der Waals surface area contributed by atoms with Crippen LogP contribution in [-0.4, -0.2) is 11.1 Å². The summed E-state index contributed by atoms with van der Waals surface area (Å²) in [6.07, 6.45) is 0. The number of hydrogen-bond acceptors (Lipinski definition) is 2.